The first-order valence-electron chi connectivity index (χ1n) is 5.37. The van der Waals surface area contributed by atoms with Gasteiger partial charge >= 0.3 is 5.97 Å². The molecule has 0 aliphatic carbocycles. The third-order valence-electron chi connectivity index (χ3n) is 2.51. The van der Waals surface area contributed by atoms with Crippen molar-refractivity contribution in [3.05, 3.63) is 17.9 Å². The van der Waals surface area contributed by atoms with E-state index in [2.05, 4.69) is 0 Å². The van der Waals surface area contributed by atoms with Crippen LogP contribution in [0.2, 0.25) is 0 Å². The van der Waals surface area contributed by atoms with Crippen molar-refractivity contribution in [2.24, 2.45) is 0 Å². The van der Waals surface area contributed by atoms with Crippen LogP contribution >= 0.6 is 11.8 Å². The summed E-state index contributed by atoms with van der Waals surface area (Å²) < 4.78 is 5.04. The van der Waals surface area contributed by atoms with E-state index in [1.165, 1.54) is 22.7 Å². The van der Waals surface area contributed by atoms with Crippen LogP contribution in [0.15, 0.2) is 21.6 Å². The molecule has 0 saturated carbocycles. The molecule has 0 spiro atoms. The van der Waals surface area contributed by atoms with Crippen LogP contribution in [0.5, 0.6) is 0 Å². The third kappa shape index (κ3) is 2.73. The van der Waals surface area contributed by atoms with Crippen LogP contribution in [0.25, 0.3) is 0 Å². The third-order valence-corrected chi connectivity index (χ3v) is 3.40. The van der Waals surface area contributed by atoms with Gasteiger partial charge in [0.15, 0.2) is 5.09 Å². The van der Waals surface area contributed by atoms with Crippen LogP contribution in [-0.4, -0.2) is 40.1 Å². The van der Waals surface area contributed by atoms with Gasteiger partial charge in [-0.05, 0) is 12.1 Å². The first kappa shape index (κ1) is 12.7. The van der Waals surface area contributed by atoms with E-state index < -0.39 is 5.97 Å². The van der Waals surface area contributed by atoms with E-state index in [1.54, 1.807) is 6.07 Å². The zero-order valence-corrected chi connectivity index (χ0v) is 10.2. The average Bonchev–Trinajstić information content (AvgIpc) is 2.90. The first-order valence-corrected chi connectivity index (χ1v) is 6.35. The Kier molecular flexibility index (Phi) is 3.71. The quantitative estimate of drug-likeness (QED) is 0.638. The molecule has 1 saturated heterocycles. The van der Waals surface area contributed by atoms with Crippen LogP contribution in [0, 0.1) is 0 Å². The molecule has 0 unspecified atom stereocenters. The molecule has 0 radical (unpaired) electrons. The fourth-order valence-corrected chi connectivity index (χ4v) is 2.41. The van der Waals surface area contributed by atoms with Gasteiger partial charge in [0.2, 0.25) is 17.6 Å². The van der Waals surface area contributed by atoms with E-state index >= 15 is 0 Å². The Bertz CT molecular complexity index is 479. The minimum absolute atomic E-state index is 0.120. The van der Waals surface area contributed by atoms with Crippen LogP contribution < -0.4 is 0 Å². The zero-order valence-electron chi connectivity index (χ0n) is 9.42. The summed E-state index contributed by atoms with van der Waals surface area (Å²) in [4.78, 5) is 34.4. The largest absolute Gasteiger partial charge is 0.475 e. The molecule has 1 aliphatic heterocycles. The number of hydrogen-bond donors (Lipinski definition) is 1. The zero-order chi connectivity index (χ0) is 13.1. The number of nitrogens with zero attached hydrogens (tertiary/aromatic N) is 1. The molecule has 1 aromatic heterocycles. The smallest absolute Gasteiger partial charge is 0.371 e. The van der Waals surface area contributed by atoms with Crippen LogP contribution in [-0.2, 0) is 9.59 Å². The highest BCUT2D eigenvalue weighted by atomic mass is 32.2. The fourth-order valence-electron chi connectivity index (χ4n) is 1.62. The number of rotatable bonds is 5. The number of furan rings is 1. The van der Waals surface area contributed by atoms with E-state index in [4.69, 9.17) is 9.52 Å². The lowest BCUT2D eigenvalue weighted by molar-refractivity contribution is -0.137. The Morgan fingerprint density at radius 2 is 2.00 bits per heavy atom. The fraction of sp³-hybridized carbons (Fsp3) is 0.364. The molecule has 0 atom stereocenters. The normalized spacial score (nSPS) is 15.4. The highest BCUT2D eigenvalue weighted by molar-refractivity contribution is 7.99. The number of carbonyl (C=O) groups excluding carboxylic acids is 2. The minimum Gasteiger partial charge on any atom is -0.475 e. The van der Waals surface area contributed by atoms with Gasteiger partial charge in [-0.2, -0.15) is 0 Å². The van der Waals surface area contributed by atoms with Crippen molar-refractivity contribution >= 4 is 29.5 Å². The van der Waals surface area contributed by atoms with E-state index in [0.717, 1.165) is 0 Å². The van der Waals surface area contributed by atoms with Gasteiger partial charge < -0.3 is 9.52 Å². The maximum atomic E-state index is 11.3. The number of carbonyl (C=O) groups is 3. The summed E-state index contributed by atoms with van der Waals surface area (Å²) in [6, 6.07) is 2.93. The molecule has 2 amide bonds. The van der Waals surface area contributed by atoms with Crippen LogP contribution in [0.1, 0.15) is 23.4 Å². The molecule has 2 heterocycles. The number of carboxylic acid groups (broad SMARTS) is 1. The molecule has 2 rings (SSSR count). The molecule has 0 bridgehead atoms. The SMILES string of the molecule is O=C(O)c1ccc(SCCN2C(=O)CCC2=O)o1. The Labute approximate surface area is 107 Å². The summed E-state index contributed by atoms with van der Waals surface area (Å²) >= 11 is 1.27. The Morgan fingerprint density at radius 1 is 1.33 bits per heavy atom. The molecule has 7 heteroatoms. The lowest BCUT2D eigenvalue weighted by atomic mass is 10.4. The van der Waals surface area contributed by atoms with Crippen molar-refractivity contribution in [3.8, 4) is 0 Å². The average molecular weight is 269 g/mol. The maximum Gasteiger partial charge on any atom is 0.371 e. The van der Waals surface area contributed by atoms with Crippen molar-refractivity contribution in [1.29, 1.82) is 0 Å². The molecule has 0 aromatic carbocycles. The van der Waals surface area contributed by atoms with E-state index in [0.29, 0.717) is 17.4 Å². The summed E-state index contributed by atoms with van der Waals surface area (Å²) in [5.41, 5.74) is 0. The van der Waals surface area contributed by atoms with Gasteiger partial charge in [0.25, 0.3) is 0 Å². The van der Waals surface area contributed by atoms with Gasteiger partial charge in [-0.25, -0.2) is 4.79 Å². The topological polar surface area (TPSA) is 87.8 Å². The van der Waals surface area contributed by atoms with Crippen molar-refractivity contribution in [3.63, 3.8) is 0 Å². The molecule has 1 fully saturated rings. The summed E-state index contributed by atoms with van der Waals surface area (Å²) in [5.74, 6) is -1.04. The second-order valence-corrected chi connectivity index (χ2v) is 4.81. The minimum atomic E-state index is -1.12. The summed E-state index contributed by atoms with van der Waals surface area (Å²) in [6.45, 7) is 0.325. The van der Waals surface area contributed by atoms with Gasteiger partial charge in [0.05, 0.1) is 0 Å². The molecule has 1 aromatic rings. The molecule has 6 nitrogen and oxygen atoms in total. The monoisotopic (exact) mass is 269 g/mol. The number of thioether (sulfide) groups is 1. The second kappa shape index (κ2) is 5.26. The predicted molar refractivity (Wildman–Crippen MR) is 62.3 cm³/mol. The van der Waals surface area contributed by atoms with Gasteiger partial charge in [-0.3, -0.25) is 14.5 Å². The second-order valence-electron chi connectivity index (χ2n) is 3.71. The number of likely N-dealkylation sites (tertiary alicyclic amines) is 1. The number of aromatic carboxylic acids is 1. The molecular formula is C11H11NO5S. The molecule has 1 N–H and O–H groups in total. The summed E-state index contributed by atoms with van der Waals surface area (Å²) in [6.07, 6.45) is 0.570. The highest BCUT2D eigenvalue weighted by Crippen LogP contribution is 2.22. The van der Waals surface area contributed by atoms with Crippen LogP contribution in [0.4, 0.5) is 0 Å². The van der Waals surface area contributed by atoms with Gasteiger partial charge in [-0.1, -0.05) is 11.8 Å². The molecular weight excluding hydrogens is 258 g/mol. The van der Waals surface area contributed by atoms with E-state index in [1.807, 2.05) is 0 Å². The van der Waals surface area contributed by atoms with Crippen molar-refractivity contribution in [1.82, 2.24) is 4.90 Å². The Balaban J connectivity index is 1.83. The number of imide groups is 1. The Hall–Kier alpha value is -1.76. The first-order chi connectivity index (χ1) is 8.58. The maximum absolute atomic E-state index is 11.3. The molecule has 18 heavy (non-hydrogen) atoms. The molecule has 96 valence electrons. The highest BCUT2D eigenvalue weighted by Gasteiger charge is 2.28. The predicted octanol–water partition coefficient (Wildman–Crippen LogP) is 1.22. The van der Waals surface area contributed by atoms with Crippen molar-refractivity contribution < 1.29 is 23.9 Å². The van der Waals surface area contributed by atoms with Gasteiger partial charge in [-0.15, -0.1) is 0 Å². The van der Waals surface area contributed by atoms with Crippen molar-refractivity contribution in [2.45, 2.75) is 17.9 Å². The number of amides is 2. The van der Waals surface area contributed by atoms with E-state index in [9.17, 15) is 14.4 Å². The standard InChI is InChI=1S/C11H11NO5S/c13-8-2-3-9(14)12(8)5-6-18-10-4-1-7(17-10)11(15)16/h1,4H,2-3,5-6H2,(H,15,16). The van der Waals surface area contributed by atoms with Crippen LogP contribution in [0.3, 0.4) is 0 Å². The lowest BCUT2D eigenvalue weighted by Crippen LogP contribution is -2.31. The lowest BCUT2D eigenvalue weighted by Gasteiger charge is -2.12. The molecule has 1 aliphatic rings. The van der Waals surface area contributed by atoms with Gasteiger partial charge in [0, 0.05) is 25.1 Å². The van der Waals surface area contributed by atoms with Gasteiger partial charge in [0.1, 0.15) is 0 Å². The van der Waals surface area contributed by atoms with Crippen molar-refractivity contribution in [2.75, 3.05) is 12.3 Å². The van der Waals surface area contributed by atoms with E-state index in [-0.39, 0.29) is 30.4 Å². The summed E-state index contributed by atoms with van der Waals surface area (Å²) in [7, 11) is 0. The number of carboxylic acids is 1. The summed E-state index contributed by atoms with van der Waals surface area (Å²) in [5, 5.41) is 9.13. The number of hydrogen-bond acceptors (Lipinski definition) is 5. The Morgan fingerprint density at radius 3 is 2.56 bits per heavy atom.